The fourth-order valence-electron chi connectivity index (χ4n) is 4.68. The van der Waals surface area contributed by atoms with Crippen LogP contribution in [-0.2, 0) is 16.0 Å². The summed E-state index contributed by atoms with van der Waals surface area (Å²) >= 11 is 0. The lowest BCUT2D eigenvalue weighted by Gasteiger charge is -2.32. The number of fused-ring (bicyclic) bond motifs is 1. The van der Waals surface area contributed by atoms with Crippen molar-refractivity contribution in [2.75, 3.05) is 18.4 Å². The van der Waals surface area contributed by atoms with E-state index >= 15 is 0 Å². The third kappa shape index (κ3) is 4.57. The molecule has 2 amide bonds. The van der Waals surface area contributed by atoms with Crippen molar-refractivity contribution >= 4 is 23.5 Å². The second kappa shape index (κ2) is 9.51. The molecule has 1 fully saturated rings. The van der Waals surface area contributed by atoms with Crippen molar-refractivity contribution in [3.8, 4) is 0 Å². The van der Waals surface area contributed by atoms with Gasteiger partial charge in [-0.2, -0.15) is 0 Å². The van der Waals surface area contributed by atoms with Crippen LogP contribution in [0, 0.1) is 5.92 Å². The molecule has 1 saturated heterocycles. The van der Waals surface area contributed by atoms with Gasteiger partial charge in [0.2, 0.25) is 5.91 Å². The molecular weight excluding hydrogens is 428 g/mol. The number of nitrogens with one attached hydrogen (secondary N) is 1. The van der Waals surface area contributed by atoms with Crippen LogP contribution in [0.15, 0.2) is 78.9 Å². The molecule has 5 rings (SSSR count). The molecular formula is C28H26N2O4. The Hall–Kier alpha value is -3.93. The molecule has 3 aromatic rings. The van der Waals surface area contributed by atoms with Crippen LogP contribution in [0.3, 0.4) is 0 Å². The average Bonchev–Trinajstić information content (AvgIpc) is 2.89. The number of ether oxygens (including phenoxy) is 1. The van der Waals surface area contributed by atoms with Crippen LogP contribution in [0.5, 0.6) is 0 Å². The summed E-state index contributed by atoms with van der Waals surface area (Å²) in [5.41, 5.74) is 3.63. The molecule has 0 bridgehead atoms. The molecule has 0 unspecified atom stereocenters. The standard InChI is InChI=1S/C28H26N2O4/c31-26(29-23-9-5-2-6-10-23)20-13-15-30(16-14-20)27(32)21-11-12-24-22(17-21)18-25(34-28(24)33)19-7-3-1-4-8-19/h1-12,17,20,25H,13-16,18H2,(H,29,31)/t25-/m0/s1. The lowest BCUT2D eigenvalue weighted by atomic mass is 9.92. The molecule has 0 aliphatic carbocycles. The van der Waals surface area contributed by atoms with Gasteiger partial charge in [0.25, 0.3) is 5.91 Å². The van der Waals surface area contributed by atoms with Gasteiger partial charge >= 0.3 is 5.97 Å². The van der Waals surface area contributed by atoms with E-state index in [2.05, 4.69) is 5.32 Å². The maximum absolute atomic E-state index is 13.2. The van der Waals surface area contributed by atoms with Gasteiger partial charge in [-0.15, -0.1) is 0 Å². The van der Waals surface area contributed by atoms with E-state index in [1.165, 1.54) is 0 Å². The number of carbonyl (C=O) groups is 3. The first kappa shape index (κ1) is 21.9. The minimum Gasteiger partial charge on any atom is -0.454 e. The number of amides is 2. The third-order valence-corrected chi connectivity index (χ3v) is 6.59. The predicted molar refractivity (Wildman–Crippen MR) is 128 cm³/mol. The van der Waals surface area contributed by atoms with Crippen molar-refractivity contribution in [2.45, 2.75) is 25.4 Å². The second-order valence-corrected chi connectivity index (χ2v) is 8.80. The highest BCUT2D eigenvalue weighted by Gasteiger charge is 2.31. The van der Waals surface area contributed by atoms with E-state index < -0.39 is 0 Å². The van der Waals surface area contributed by atoms with E-state index in [4.69, 9.17) is 4.74 Å². The topological polar surface area (TPSA) is 75.7 Å². The molecule has 2 heterocycles. The second-order valence-electron chi connectivity index (χ2n) is 8.80. The van der Waals surface area contributed by atoms with Gasteiger partial charge in [0.1, 0.15) is 6.10 Å². The Morgan fingerprint density at radius 3 is 2.26 bits per heavy atom. The normalized spacial score (nSPS) is 18.1. The van der Waals surface area contributed by atoms with Crippen molar-refractivity contribution < 1.29 is 19.1 Å². The fraction of sp³-hybridized carbons (Fsp3) is 0.250. The molecule has 0 aromatic heterocycles. The number of benzene rings is 3. The summed E-state index contributed by atoms with van der Waals surface area (Å²) in [6.45, 7) is 1.05. The Labute approximate surface area is 198 Å². The van der Waals surface area contributed by atoms with Gasteiger partial charge in [0.15, 0.2) is 0 Å². The van der Waals surface area contributed by atoms with E-state index in [9.17, 15) is 14.4 Å². The first-order chi connectivity index (χ1) is 16.6. The summed E-state index contributed by atoms with van der Waals surface area (Å²) < 4.78 is 5.62. The number of likely N-dealkylation sites (tertiary alicyclic amines) is 1. The van der Waals surface area contributed by atoms with Gasteiger partial charge in [-0.1, -0.05) is 48.5 Å². The zero-order valence-electron chi connectivity index (χ0n) is 18.8. The van der Waals surface area contributed by atoms with Crippen molar-refractivity contribution in [3.63, 3.8) is 0 Å². The Kier molecular flexibility index (Phi) is 6.12. The van der Waals surface area contributed by atoms with Crippen LogP contribution < -0.4 is 5.32 Å². The minimum atomic E-state index is -0.362. The van der Waals surface area contributed by atoms with Crippen LogP contribution in [0.2, 0.25) is 0 Å². The number of piperidine rings is 1. The third-order valence-electron chi connectivity index (χ3n) is 6.59. The molecule has 6 heteroatoms. The first-order valence-electron chi connectivity index (χ1n) is 11.6. The van der Waals surface area contributed by atoms with Crippen molar-refractivity contribution in [1.29, 1.82) is 0 Å². The summed E-state index contributed by atoms with van der Waals surface area (Å²) in [5, 5.41) is 2.96. The van der Waals surface area contributed by atoms with E-state index in [0.717, 1.165) is 16.8 Å². The number of hydrogen-bond donors (Lipinski definition) is 1. The number of para-hydroxylation sites is 1. The SMILES string of the molecule is O=C1O[C@H](c2ccccc2)Cc2cc(C(=O)N3CCC(C(=O)Nc4ccccc4)CC3)ccc21. The van der Waals surface area contributed by atoms with Crippen molar-refractivity contribution in [3.05, 3.63) is 101 Å². The zero-order valence-corrected chi connectivity index (χ0v) is 18.8. The summed E-state index contributed by atoms with van der Waals surface area (Å²) in [5.74, 6) is -0.550. The van der Waals surface area contributed by atoms with Crippen LogP contribution in [0.1, 0.15) is 50.8 Å². The fourth-order valence-corrected chi connectivity index (χ4v) is 4.68. The quantitative estimate of drug-likeness (QED) is 0.583. The van der Waals surface area contributed by atoms with Gasteiger partial charge in [-0.3, -0.25) is 9.59 Å². The average molecular weight is 455 g/mol. The monoisotopic (exact) mass is 454 g/mol. The molecule has 6 nitrogen and oxygen atoms in total. The zero-order chi connectivity index (χ0) is 23.5. The van der Waals surface area contributed by atoms with Crippen molar-refractivity contribution in [2.24, 2.45) is 5.92 Å². The number of nitrogens with zero attached hydrogens (tertiary/aromatic N) is 1. The molecule has 0 spiro atoms. The minimum absolute atomic E-state index is 0.00227. The van der Waals surface area contributed by atoms with Crippen LogP contribution in [0.25, 0.3) is 0 Å². The highest BCUT2D eigenvalue weighted by atomic mass is 16.5. The lowest BCUT2D eigenvalue weighted by molar-refractivity contribution is -0.121. The van der Waals surface area contributed by atoms with Crippen LogP contribution in [0.4, 0.5) is 5.69 Å². The van der Waals surface area contributed by atoms with Gasteiger partial charge < -0.3 is 15.0 Å². The van der Waals surface area contributed by atoms with Crippen LogP contribution in [-0.4, -0.2) is 35.8 Å². The van der Waals surface area contributed by atoms with E-state index in [1.54, 1.807) is 17.0 Å². The van der Waals surface area contributed by atoms with Crippen molar-refractivity contribution in [1.82, 2.24) is 4.90 Å². The number of carbonyl (C=O) groups excluding carboxylic acids is 3. The summed E-state index contributed by atoms with van der Waals surface area (Å²) in [4.78, 5) is 40.1. The van der Waals surface area contributed by atoms with Gasteiger partial charge in [-0.25, -0.2) is 4.79 Å². The summed E-state index contributed by atoms with van der Waals surface area (Å²) in [6, 6.07) is 24.3. The van der Waals surface area contributed by atoms with E-state index in [-0.39, 0.29) is 29.8 Å². The lowest BCUT2D eigenvalue weighted by Crippen LogP contribution is -2.41. The largest absolute Gasteiger partial charge is 0.454 e. The Bertz CT molecular complexity index is 1200. The molecule has 3 aromatic carbocycles. The van der Waals surface area contributed by atoms with E-state index in [1.807, 2.05) is 66.7 Å². The summed E-state index contributed by atoms with van der Waals surface area (Å²) in [7, 11) is 0. The molecule has 172 valence electrons. The number of cyclic esters (lactones) is 1. The smallest absolute Gasteiger partial charge is 0.339 e. The maximum Gasteiger partial charge on any atom is 0.339 e. The molecule has 34 heavy (non-hydrogen) atoms. The first-order valence-corrected chi connectivity index (χ1v) is 11.6. The number of esters is 1. The van der Waals surface area contributed by atoms with Gasteiger partial charge in [0.05, 0.1) is 5.56 Å². The number of rotatable bonds is 4. The van der Waals surface area contributed by atoms with Gasteiger partial charge in [-0.05, 0) is 54.3 Å². The molecule has 0 saturated carbocycles. The number of hydrogen-bond acceptors (Lipinski definition) is 4. The Morgan fingerprint density at radius 1 is 0.882 bits per heavy atom. The highest BCUT2D eigenvalue weighted by Crippen LogP contribution is 2.31. The predicted octanol–water partition coefficient (Wildman–Crippen LogP) is 4.63. The maximum atomic E-state index is 13.2. The van der Waals surface area contributed by atoms with E-state index in [0.29, 0.717) is 43.5 Å². The Morgan fingerprint density at radius 2 is 1.56 bits per heavy atom. The highest BCUT2D eigenvalue weighted by molar-refractivity contribution is 5.98. The van der Waals surface area contributed by atoms with Crippen LogP contribution >= 0.6 is 0 Å². The molecule has 2 aliphatic rings. The Balaban J connectivity index is 1.24. The molecule has 1 atom stereocenters. The molecule has 2 aliphatic heterocycles. The molecule has 0 radical (unpaired) electrons. The summed E-state index contributed by atoms with van der Waals surface area (Å²) in [6.07, 6.45) is 1.43. The number of anilines is 1. The molecule has 1 N–H and O–H groups in total. The van der Waals surface area contributed by atoms with Gasteiger partial charge in [0, 0.05) is 36.7 Å².